The van der Waals surface area contributed by atoms with Crippen LogP contribution in [0, 0.1) is 6.92 Å². The number of nitrogens with zero attached hydrogens (tertiary/aromatic N) is 3. The van der Waals surface area contributed by atoms with Gasteiger partial charge in [-0.15, -0.1) is 24.5 Å². The van der Waals surface area contributed by atoms with Gasteiger partial charge in [-0.05, 0) is 79.1 Å². The van der Waals surface area contributed by atoms with E-state index in [1.165, 1.54) is 39.9 Å². The van der Waals surface area contributed by atoms with Gasteiger partial charge >= 0.3 is 6.36 Å². The summed E-state index contributed by atoms with van der Waals surface area (Å²) in [5, 5.41) is 1.59. The zero-order chi connectivity index (χ0) is 28.5. The highest BCUT2D eigenvalue weighted by Crippen LogP contribution is 2.32. The first kappa shape index (κ1) is 27.9. The fraction of sp³-hybridized carbons (Fsp3) is 0.250. The second-order valence-corrected chi connectivity index (χ2v) is 12.2. The molecule has 2 aromatic heterocycles. The molecule has 12 heteroatoms. The number of hydrogen-bond acceptors (Lipinski definition) is 6. The summed E-state index contributed by atoms with van der Waals surface area (Å²) in [6, 6.07) is 11.7. The van der Waals surface area contributed by atoms with Crippen molar-refractivity contribution < 1.29 is 26.3 Å². The summed E-state index contributed by atoms with van der Waals surface area (Å²) in [7, 11) is -4.05. The van der Waals surface area contributed by atoms with Crippen LogP contribution in [0.4, 0.5) is 18.2 Å². The number of sulfonamides is 1. The number of ether oxygens (including phenoxy) is 1. The SMILES string of the molecule is Cc1c(N(Cc2ccc(OC(F)(F)F)cc2)S(=O)(=O)c2ccc(-n3cnc(CCN)c3)cc2)sc2c1=CCCC=2. The Morgan fingerprint density at radius 1 is 1.07 bits per heavy atom. The number of anilines is 1. The third-order valence-corrected chi connectivity index (χ3v) is 9.71. The highest BCUT2D eigenvalue weighted by molar-refractivity contribution is 7.93. The molecule has 5 rings (SSSR count). The van der Waals surface area contributed by atoms with Gasteiger partial charge in [0, 0.05) is 22.8 Å². The molecule has 7 nitrogen and oxygen atoms in total. The van der Waals surface area contributed by atoms with Gasteiger partial charge in [0.1, 0.15) is 10.8 Å². The predicted molar refractivity (Wildman–Crippen MR) is 149 cm³/mol. The third-order valence-electron chi connectivity index (χ3n) is 6.51. The van der Waals surface area contributed by atoms with Crippen molar-refractivity contribution in [2.45, 2.75) is 44.0 Å². The van der Waals surface area contributed by atoms with Crippen molar-refractivity contribution in [3.63, 3.8) is 0 Å². The maximum Gasteiger partial charge on any atom is 0.573 e. The van der Waals surface area contributed by atoms with Gasteiger partial charge in [0.25, 0.3) is 10.0 Å². The van der Waals surface area contributed by atoms with E-state index in [2.05, 4.69) is 21.9 Å². The smallest absolute Gasteiger partial charge is 0.406 e. The number of thiophene rings is 1. The van der Waals surface area contributed by atoms with Gasteiger partial charge in [0.05, 0.1) is 23.5 Å². The van der Waals surface area contributed by atoms with E-state index in [0.717, 1.165) is 39.5 Å². The Kier molecular flexibility index (Phi) is 7.76. The molecule has 0 aliphatic heterocycles. The Balaban J connectivity index is 1.51. The van der Waals surface area contributed by atoms with Gasteiger partial charge in [-0.1, -0.05) is 24.3 Å². The van der Waals surface area contributed by atoms with Crippen molar-refractivity contribution >= 4 is 38.5 Å². The van der Waals surface area contributed by atoms with Crippen molar-refractivity contribution in [2.75, 3.05) is 10.8 Å². The topological polar surface area (TPSA) is 90.5 Å². The summed E-state index contributed by atoms with van der Waals surface area (Å²) in [5.74, 6) is -0.373. The van der Waals surface area contributed by atoms with E-state index >= 15 is 0 Å². The van der Waals surface area contributed by atoms with E-state index in [4.69, 9.17) is 5.73 Å². The van der Waals surface area contributed by atoms with Crippen LogP contribution >= 0.6 is 11.3 Å². The fourth-order valence-corrected chi connectivity index (χ4v) is 7.55. The number of benzene rings is 2. The lowest BCUT2D eigenvalue weighted by molar-refractivity contribution is -0.274. The van der Waals surface area contributed by atoms with Gasteiger partial charge in [0.15, 0.2) is 0 Å². The van der Waals surface area contributed by atoms with Crippen LogP contribution in [0.5, 0.6) is 5.75 Å². The Bertz CT molecular complexity index is 1730. The summed E-state index contributed by atoms with van der Waals surface area (Å²) in [5.41, 5.74) is 8.55. The molecule has 2 aromatic carbocycles. The summed E-state index contributed by atoms with van der Waals surface area (Å²) in [6.45, 7) is 2.30. The van der Waals surface area contributed by atoms with Gasteiger partial charge in [-0.3, -0.25) is 4.31 Å². The molecule has 0 atom stereocenters. The van der Waals surface area contributed by atoms with Crippen LogP contribution < -0.4 is 24.5 Å². The molecule has 2 N–H and O–H groups in total. The number of nitrogens with two attached hydrogens (primary N) is 1. The first-order valence-electron chi connectivity index (χ1n) is 12.6. The van der Waals surface area contributed by atoms with Crippen LogP contribution in [0.15, 0.2) is 66.0 Å². The highest BCUT2D eigenvalue weighted by Gasteiger charge is 2.31. The van der Waals surface area contributed by atoms with Crippen molar-refractivity contribution in [3.8, 4) is 11.4 Å². The van der Waals surface area contributed by atoms with Gasteiger partial charge in [0.2, 0.25) is 0 Å². The lowest BCUT2D eigenvalue weighted by atomic mass is 10.1. The first-order valence-corrected chi connectivity index (χ1v) is 14.8. The Morgan fingerprint density at radius 2 is 1.77 bits per heavy atom. The number of alkyl halides is 3. The molecule has 0 saturated heterocycles. The molecule has 210 valence electrons. The lowest BCUT2D eigenvalue weighted by Gasteiger charge is -2.24. The van der Waals surface area contributed by atoms with Crippen molar-refractivity contribution in [2.24, 2.45) is 5.73 Å². The fourth-order valence-electron chi connectivity index (χ4n) is 4.55. The molecule has 40 heavy (non-hydrogen) atoms. The average Bonchev–Trinajstić information content (AvgIpc) is 3.52. The second-order valence-electron chi connectivity index (χ2n) is 9.30. The number of imidazole rings is 1. The second kappa shape index (κ2) is 11.1. The molecule has 1 aliphatic rings. The van der Waals surface area contributed by atoms with Gasteiger partial charge in [-0.2, -0.15) is 0 Å². The molecular weight excluding hydrogens is 561 g/mol. The quantitative estimate of drug-likeness (QED) is 0.313. The predicted octanol–water partition coefficient (Wildman–Crippen LogP) is 4.39. The molecular formula is C28H27F3N4O3S2. The number of aromatic nitrogens is 2. The maximum atomic E-state index is 14.1. The van der Waals surface area contributed by atoms with Crippen molar-refractivity contribution in [1.82, 2.24) is 9.55 Å². The van der Waals surface area contributed by atoms with Crippen LogP contribution in [0.1, 0.15) is 29.7 Å². The molecule has 4 aromatic rings. The molecule has 0 bridgehead atoms. The first-order chi connectivity index (χ1) is 19.0. The monoisotopic (exact) mass is 588 g/mol. The molecule has 0 radical (unpaired) electrons. The van der Waals surface area contributed by atoms with Crippen LogP contribution in [-0.2, 0) is 23.0 Å². The number of hydrogen-bond donors (Lipinski definition) is 1. The maximum absolute atomic E-state index is 14.1. The van der Waals surface area contributed by atoms with E-state index < -0.39 is 16.4 Å². The van der Waals surface area contributed by atoms with Crippen LogP contribution in [0.3, 0.4) is 0 Å². The van der Waals surface area contributed by atoms with Gasteiger partial charge in [-0.25, -0.2) is 13.4 Å². The van der Waals surface area contributed by atoms with E-state index in [0.29, 0.717) is 23.5 Å². The lowest BCUT2D eigenvalue weighted by Crippen LogP contribution is -2.31. The van der Waals surface area contributed by atoms with Crippen molar-refractivity contribution in [3.05, 3.63) is 87.6 Å². The molecule has 0 unspecified atom stereocenters. The Morgan fingerprint density at radius 3 is 2.42 bits per heavy atom. The molecule has 0 fully saturated rings. The molecule has 0 amide bonds. The molecule has 0 saturated carbocycles. The molecule has 0 spiro atoms. The number of halogens is 3. The number of rotatable bonds is 9. The van der Waals surface area contributed by atoms with Crippen molar-refractivity contribution in [1.29, 1.82) is 0 Å². The average molecular weight is 589 g/mol. The summed E-state index contributed by atoms with van der Waals surface area (Å²) >= 11 is 1.39. The standard InChI is InChI=1S/C28H27F3N4O3S2/c1-19-25-4-2-3-5-26(25)39-27(19)35(16-20-6-10-23(11-7-20)38-28(29,30)31)40(36,37)24-12-8-22(9-13-24)34-17-21(14-15-32)33-18-34/h4-13,17-18H,2-3,14-16,32H2,1H3. The van der Waals surface area contributed by atoms with E-state index in [-0.39, 0.29) is 17.2 Å². The summed E-state index contributed by atoms with van der Waals surface area (Å²) in [6.07, 6.45) is 5.28. The van der Waals surface area contributed by atoms with E-state index in [9.17, 15) is 21.6 Å². The molecule has 2 heterocycles. The highest BCUT2D eigenvalue weighted by atomic mass is 32.2. The van der Waals surface area contributed by atoms with Crippen LogP contribution in [0.25, 0.3) is 17.8 Å². The third kappa shape index (κ3) is 5.93. The molecule has 1 aliphatic carbocycles. The zero-order valence-corrected chi connectivity index (χ0v) is 23.2. The van der Waals surface area contributed by atoms with Gasteiger partial charge < -0.3 is 15.0 Å². The van der Waals surface area contributed by atoms with Crippen LogP contribution in [-0.4, -0.2) is 30.9 Å². The minimum Gasteiger partial charge on any atom is -0.406 e. The zero-order valence-electron chi connectivity index (χ0n) is 21.6. The normalized spacial score (nSPS) is 13.3. The largest absolute Gasteiger partial charge is 0.573 e. The Hall–Kier alpha value is -3.61. The minimum atomic E-state index is -4.81. The summed E-state index contributed by atoms with van der Waals surface area (Å²) < 4.78 is 74.2. The van der Waals surface area contributed by atoms with E-state index in [1.807, 2.05) is 13.1 Å². The van der Waals surface area contributed by atoms with Crippen LogP contribution in [0.2, 0.25) is 0 Å². The number of fused-ring (bicyclic) bond motifs is 1. The summed E-state index contributed by atoms with van der Waals surface area (Å²) in [4.78, 5) is 4.41. The minimum absolute atomic E-state index is 0.0689. The van der Waals surface area contributed by atoms with E-state index in [1.54, 1.807) is 35.2 Å². The Labute approximate surface area is 233 Å².